The molecule has 0 radical (unpaired) electrons. The third-order valence-corrected chi connectivity index (χ3v) is 4.14. The SMILES string of the molecule is NC(=O)N/N=C/c1ccc(-c2ccccc2C(=O)NCC2CCNC2)o1. The van der Waals surface area contributed by atoms with Crippen molar-refractivity contribution in [3.8, 4) is 11.3 Å². The summed E-state index contributed by atoms with van der Waals surface area (Å²) in [6, 6.07) is 9.94. The van der Waals surface area contributed by atoms with Crippen LogP contribution in [0.4, 0.5) is 4.79 Å². The number of urea groups is 1. The Morgan fingerprint density at radius 1 is 1.31 bits per heavy atom. The Hall–Kier alpha value is -3.13. The van der Waals surface area contributed by atoms with E-state index >= 15 is 0 Å². The van der Waals surface area contributed by atoms with Gasteiger partial charge >= 0.3 is 6.03 Å². The lowest BCUT2D eigenvalue weighted by molar-refractivity contribution is 0.0948. The predicted molar refractivity (Wildman–Crippen MR) is 97.8 cm³/mol. The number of furan rings is 1. The first-order valence-electron chi connectivity index (χ1n) is 8.40. The lowest BCUT2D eigenvalue weighted by Crippen LogP contribution is -2.30. The number of benzene rings is 1. The average molecular weight is 355 g/mol. The minimum absolute atomic E-state index is 0.130. The van der Waals surface area contributed by atoms with Gasteiger partial charge in [0.2, 0.25) is 0 Å². The summed E-state index contributed by atoms with van der Waals surface area (Å²) in [4.78, 5) is 23.2. The van der Waals surface area contributed by atoms with Crippen molar-refractivity contribution < 1.29 is 14.0 Å². The Labute approximate surface area is 150 Å². The molecular weight excluding hydrogens is 334 g/mol. The molecule has 0 bridgehead atoms. The van der Waals surface area contributed by atoms with E-state index < -0.39 is 6.03 Å². The van der Waals surface area contributed by atoms with Crippen LogP contribution in [-0.2, 0) is 0 Å². The Bertz CT molecular complexity index is 809. The highest BCUT2D eigenvalue weighted by Gasteiger charge is 2.18. The molecule has 1 aliphatic heterocycles. The number of nitrogens with two attached hydrogens (primary N) is 1. The van der Waals surface area contributed by atoms with Crippen LogP contribution in [0.2, 0.25) is 0 Å². The minimum Gasteiger partial charge on any atom is -0.455 e. The van der Waals surface area contributed by atoms with E-state index in [4.69, 9.17) is 10.2 Å². The van der Waals surface area contributed by atoms with Crippen LogP contribution in [0.5, 0.6) is 0 Å². The van der Waals surface area contributed by atoms with Crippen molar-refractivity contribution in [2.45, 2.75) is 6.42 Å². The third-order valence-electron chi connectivity index (χ3n) is 4.14. The normalized spacial score (nSPS) is 16.7. The summed E-state index contributed by atoms with van der Waals surface area (Å²) in [6.07, 6.45) is 2.41. The Balaban J connectivity index is 1.72. The molecule has 0 spiro atoms. The van der Waals surface area contributed by atoms with Crippen LogP contribution in [0.15, 0.2) is 45.9 Å². The van der Waals surface area contributed by atoms with E-state index in [2.05, 4.69) is 21.2 Å². The monoisotopic (exact) mass is 355 g/mol. The molecule has 1 atom stereocenters. The molecule has 136 valence electrons. The number of rotatable bonds is 6. The van der Waals surface area contributed by atoms with Crippen molar-refractivity contribution in [3.05, 3.63) is 47.7 Å². The number of nitrogens with zero attached hydrogens (tertiary/aromatic N) is 1. The Morgan fingerprint density at radius 2 is 2.15 bits per heavy atom. The summed E-state index contributed by atoms with van der Waals surface area (Å²) >= 11 is 0. The molecule has 0 aliphatic carbocycles. The van der Waals surface area contributed by atoms with Crippen molar-refractivity contribution in [2.24, 2.45) is 16.8 Å². The van der Waals surface area contributed by atoms with Crippen LogP contribution in [0.3, 0.4) is 0 Å². The van der Waals surface area contributed by atoms with Crippen molar-refractivity contribution >= 4 is 18.2 Å². The largest absolute Gasteiger partial charge is 0.455 e. The summed E-state index contributed by atoms with van der Waals surface area (Å²) < 4.78 is 5.69. The van der Waals surface area contributed by atoms with Gasteiger partial charge in [-0.3, -0.25) is 4.79 Å². The second kappa shape index (κ2) is 8.30. The number of carbonyl (C=O) groups is 2. The van der Waals surface area contributed by atoms with Gasteiger partial charge in [-0.25, -0.2) is 10.2 Å². The van der Waals surface area contributed by atoms with E-state index in [0.29, 0.717) is 35.1 Å². The third kappa shape index (κ3) is 4.48. The van der Waals surface area contributed by atoms with E-state index in [1.165, 1.54) is 6.21 Å². The highest BCUT2D eigenvalue weighted by Crippen LogP contribution is 2.25. The number of carbonyl (C=O) groups excluding carboxylic acids is 2. The smallest absolute Gasteiger partial charge is 0.332 e. The maximum atomic E-state index is 12.6. The van der Waals surface area contributed by atoms with Gasteiger partial charge in [-0.05, 0) is 43.6 Å². The zero-order valence-corrected chi connectivity index (χ0v) is 14.2. The van der Waals surface area contributed by atoms with Gasteiger partial charge in [-0.1, -0.05) is 18.2 Å². The molecule has 8 heteroatoms. The van der Waals surface area contributed by atoms with Crippen LogP contribution < -0.4 is 21.8 Å². The number of nitrogens with one attached hydrogen (secondary N) is 3. The van der Waals surface area contributed by atoms with Gasteiger partial charge in [-0.15, -0.1) is 0 Å². The number of hydrazone groups is 1. The molecular formula is C18H21N5O3. The average Bonchev–Trinajstić information content (AvgIpc) is 3.31. The van der Waals surface area contributed by atoms with Crippen LogP contribution in [0.1, 0.15) is 22.5 Å². The summed E-state index contributed by atoms with van der Waals surface area (Å²) in [5, 5.41) is 9.93. The quantitative estimate of drug-likeness (QED) is 0.461. The summed E-state index contributed by atoms with van der Waals surface area (Å²) in [7, 11) is 0. The molecule has 1 unspecified atom stereocenters. The fraction of sp³-hybridized carbons (Fsp3) is 0.278. The number of hydrogen-bond donors (Lipinski definition) is 4. The molecule has 1 saturated heterocycles. The summed E-state index contributed by atoms with van der Waals surface area (Å²) in [5.74, 6) is 1.31. The van der Waals surface area contributed by atoms with Crippen molar-refractivity contribution in [1.82, 2.24) is 16.1 Å². The molecule has 2 aromatic rings. The van der Waals surface area contributed by atoms with Crippen LogP contribution in [-0.4, -0.2) is 37.8 Å². The molecule has 26 heavy (non-hydrogen) atoms. The summed E-state index contributed by atoms with van der Waals surface area (Å²) in [6.45, 7) is 2.58. The van der Waals surface area contributed by atoms with Gasteiger partial charge in [0, 0.05) is 12.1 Å². The molecule has 1 aliphatic rings. The van der Waals surface area contributed by atoms with Gasteiger partial charge in [-0.2, -0.15) is 5.10 Å². The van der Waals surface area contributed by atoms with E-state index in [1.54, 1.807) is 18.2 Å². The molecule has 1 fully saturated rings. The minimum atomic E-state index is -0.757. The first-order valence-corrected chi connectivity index (χ1v) is 8.40. The second-order valence-corrected chi connectivity index (χ2v) is 6.05. The van der Waals surface area contributed by atoms with Crippen LogP contribution in [0, 0.1) is 5.92 Å². The molecule has 3 rings (SSSR count). The molecule has 3 amide bonds. The first-order chi connectivity index (χ1) is 12.6. The Morgan fingerprint density at radius 3 is 2.92 bits per heavy atom. The zero-order chi connectivity index (χ0) is 18.4. The highest BCUT2D eigenvalue weighted by molar-refractivity contribution is 6.00. The second-order valence-electron chi connectivity index (χ2n) is 6.05. The molecule has 1 aromatic carbocycles. The first kappa shape index (κ1) is 17.7. The molecule has 0 saturated carbocycles. The van der Waals surface area contributed by atoms with E-state index in [-0.39, 0.29) is 5.91 Å². The Kier molecular flexibility index (Phi) is 5.65. The van der Waals surface area contributed by atoms with Crippen molar-refractivity contribution in [1.29, 1.82) is 0 Å². The topological polar surface area (TPSA) is 122 Å². The van der Waals surface area contributed by atoms with Gasteiger partial charge in [0.1, 0.15) is 11.5 Å². The lowest BCUT2D eigenvalue weighted by Gasteiger charge is -2.12. The zero-order valence-electron chi connectivity index (χ0n) is 14.2. The number of amides is 3. The van der Waals surface area contributed by atoms with E-state index in [9.17, 15) is 9.59 Å². The van der Waals surface area contributed by atoms with Gasteiger partial charge in [0.05, 0.1) is 11.8 Å². The van der Waals surface area contributed by atoms with Crippen LogP contribution >= 0.6 is 0 Å². The van der Waals surface area contributed by atoms with E-state index in [1.807, 2.05) is 18.2 Å². The lowest BCUT2D eigenvalue weighted by atomic mass is 10.0. The van der Waals surface area contributed by atoms with Gasteiger partial charge in [0.25, 0.3) is 5.91 Å². The highest BCUT2D eigenvalue weighted by atomic mass is 16.3. The molecule has 2 heterocycles. The number of primary amides is 1. The summed E-state index contributed by atoms with van der Waals surface area (Å²) in [5.41, 5.74) is 8.27. The fourth-order valence-corrected chi connectivity index (χ4v) is 2.84. The van der Waals surface area contributed by atoms with Crippen LogP contribution in [0.25, 0.3) is 11.3 Å². The molecule has 5 N–H and O–H groups in total. The van der Waals surface area contributed by atoms with Crippen molar-refractivity contribution in [2.75, 3.05) is 19.6 Å². The van der Waals surface area contributed by atoms with Crippen molar-refractivity contribution in [3.63, 3.8) is 0 Å². The predicted octanol–water partition coefficient (Wildman–Crippen LogP) is 1.29. The number of hydrogen-bond acceptors (Lipinski definition) is 5. The fourth-order valence-electron chi connectivity index (χ4n) is 2.84. The maximum Gasteiger partial charge on any atom is 0.332 e. The maximum absolute atomic E-state index is 12.6. The standard InChI is InChI=1S/C18H21N5O3/c19-18(25)23-22-11-13-5-6-16(26-13)14-3-1-2-4-15(14)17(24)21-10-12-7-8-20-9-12/h1-6,11-12,20H,7-10H2,(H,21,24)(H3,19,23,25)/b22-11+. The van der Waals surface area contributed by atoms with Gasteiger partial charge in [0.15, 0.2) is 0 Å². The van der Waals surface area contributed by atoms with E-state index in [0.717, 1.165) is 19.5 Å². The molecule has 1 aromatic heterocycles. The molecule has 8 nitrogen and oxygen atoms in total. The van der Waals surface area contributed by atoms with Gasteiger partial charge < -0.3 is 20.8 Å².